The summed E-state index contributed by atoms with van der Waals surface area (Å²) in [7, 11) is 0. The second-order valence-electron chi connectivity index (χ2n) is 3.76. The van der Waals surface area contributed by atoms with E-state index in [0.29, 0.717) is 17.3 Å². The molecule has 0 spiro atoms. The minimum absolute atomic E-state index is 0.120. The first-order valence-corrected chi connectivity index (χ1v) is 5.55. The molecule has 0 saturated heterocycles. The van der Waals surface area contributed by atoms with Gasteiger partial charge in [0.05, 0.1) is 0 Å². The highest BCUT2D eigenvalue weighted by Crippen LogP contribution is 2.16. The van der Waals surface area contributed by atoms with E-state index >= 15 is 0 Å². The van der Waals surface area contributed by atoms with Crippen molar-refractivity contribution in [2.24, 2.45) is 0 Å². The third-order valence-corrected chi connectivity index (χ3v) is 2.23. The van der Waals surface area contributed by atoms with Gasteiger partial charge in [-0.05, 0) is 30.3 Å². The molecule has 0 radical (unpaired) electrons. The Bertz CT molecular complexity index is 630. The Hall–Kier alpha value is -2.94. The van der Waals surface area contributed by atoms with Crippen molar-refractivity contribution in [2.45, 2.75) is 6.92 Å². The highest BCUT2D eigenvalue weighted by Gasteiger charge is 2.00. The molecule has 0 aliphatic heterocycles. The lowest BCUT2D eigenvalue weighted by Crippen LogP contribution is -2.05. The molecule has 1 amide bonds. The van der Waals surface area contributed by atoms with Crippen LogP contribution < -0.4 is 10.6 Å². The smallest absolute Gasteiger partial charge is 0.228 e. The van der Waals surface area contributed by atoms with Crippen molar-refractivity contribution in [2.75, 3.05) is 10.6 Å². The Kier molecular flexibility index (Phi) is 3.69. The van der Waals surface area contributed by atoms with E-state index in [9.17, 15) is 4.79 Å². The van der Waals surface area contributed by atoms with Gasteiger partial charge in [0.1, 0.15) is 11.8 Å². The summed E-state index contributed by atoms with van der Waals surface area (Å²) < 4.78 is 0. The van der Waals surface area contributed by atoms with Gasteiger partial charge in [-0.3, -0.25) is 4.79 Å². The number of nitrogens with zero attached hydrogens (tertiary/aromatic N) is 3. The van der Waals surface area contributed by atoms with Gasteiger partial charge in [0.2, 0.25) is 11.9 Å². The zero-order valence-corrected chi connectivity index (χ0v) is 10.2. The van der Waals surface area contributed by atoms with E-state index in [4.69, 9.17) is 5.26 Å². The zero-order valence-electron chi connectivity index (χ0n) is 10.2. The SMILES string of the molecule is CC(=O)Nc1ccc(Nc2nccc(C#N)n2)cc1. The van der Waals surface area contributed by atoms with Crippen LogP contribution >= 0.6 is 0 Å². The maximum atomic E-state index is 10.9. The molecule has 0 aliphatic rings. The maximum absolute atomic E-state index is 10.9. The van der Waals surface area contributed by atoms with Crippen molar-refractivity contribution in [3.05, 3.63) is 42.2 Å². The summed E-state index contributed by atoms with van der Waals surface area (Å²) in [6.45, 7) is 1.45. The highest BCUT2D eigenvalue weighted by atomic mass is 16.1. The van der Waals surface area contributed by atoms with Crippen molar-refractivity contribution in [1.82, 2.24) is 9.97 Å². The van der Waals surface area contributed by atoms with Gasteiger partial charge < -0.3 is 10.6 Å². The number of carbonyl (C=O) groups is 1. The number of nitriles is 1. The van der Waals surface area contributed by atoms with Crippen LogP contribution in [0.4, 0.5) is 17.3 Å². The molecule has 0 unspecified atom stereocenters. The Morgan fingerprint density at radius 2 is 1.89 bits per heavy atom. The Morgan fingerprint density at radius 1 is 1.21 bits per heavy atom. The van der Waals surface area contributed by atoms with E-state index < -0.39 is 0 Å². The lowest BCUT2D eigenvalue weighted by Gasteiger charge is -2.06. The third-order valence-electron chi connectivity index (χ3n) is 2.23. The molecule has 0 fully saturated rings. The molecule has 0 atom stereocenters. The number of benzene rings is 1. The molecule has 6 nitrogen and oxygen atoms in total. The number of amides is 1. The molecule has 94 valence electrons. The van der Waals surface area contributed by atoms with Gasteiger partial charge in [-0.1, -0.05) is 0 Å². The van der Waals surface area contributed by atoms with Gasteiger partial charge >= 0.3 is 0 Å². The number of nitrogens with one attached hydrogen (secondary N) is 2. The van der Waals surface area contributed by atoms with E-state index in [0.717, 1.165) is 5.69 Å². The summed E-state index contributed by atoms with van der Waals surface area (Å²) in [6.07, 6.45) is 1.51. The van der Waals surface area contributed by atoms with Crippen LogP contribution in [-0.2, 0) is 4.79 Å². The predicted molar refractivity (Wildman–Crippen MR) is 70.8 cm³/mol. The topological polar surface area (TPSA) is 90.7 Å². The van der Waals surface area contributed by atoms with Crippen molar-refractivity contribution >= 4 is 23.2 Å². The fraction of sp³-hybridized carbons (Fsp3) is 0.0769. The molecule has 0 aliphatic carbocycles. The van der Waals surface area contributed by atoms with Crippen LogP contribution in [0.5, 0.6) is 0 Å². The third kappa shape index (κ3) is 3.51. The quantitative estimate of drug-likeness (QED) is 0.873. The molecule has 1 heterocycles. The fourth-order valence-electron chi connectivity index (χ4n) is 1.45. The number of carbonyl (C=O) groups excluding carboxylic acids is 1. The normalized spacial score (nSPS) is 9.47. The molecule has 6 heteroatoms. The van der Waals surface area contributed by atoms with Gasteiger partial charge in [-0.25, -0.2) is 9.97 Å². The Balaban J connectivity index is 2.11. The molecular formula is C13H11N5O. The van der Waals surface area contributed by atoms with E-state index in [-0.39, 0.29) is 5.91 Å². The second-order valence-corrected chi connectivity index (χ2v) is 3.76. The standard InChI is InChI=1S/C13H11N5O/c1-9(19)16-10-2-4-11(5-3-10)17-13-15-7-6-12(8-14)18-13/h2-7H,1H3,(H,16,19)(H,15,17,18). The number of rotatable bonds is 3. The van der Waals surface area contributed by atoms with Crippen LogP contribution in [0.15, 0.2) is 36.5 Å². The van der Waals surface area contributed by atoms with Gasteiger partial charge in [0.15, 0.2) is 0 Å². The van der Waals surface area contributed by atoms with E-state index in [1.54, 1.807) is 24.3 Å². The van der Waals surface area contributed by atoms with Crippen LogP contribution in [0.25, 0.3) is 0 Å². The molecule has 0 bridgehead atoms. The summed E-state index contributed by atoms with van der Waals surface area (Å²) in [4.78, 5) is 18.9. The summed E-state index contributed by atoms with van der Waals surface area (Å²) >= 11 is 0. The average molecular weight is 253 g/mol. The van der Waals surface area contributed by atoms with Crippen molar-refractivity contribution in [3.8, 4) is 6.07 Å². The van der Waals surface area contributed by atoms with Crippen LogP contribution in [0.3, 0.4) is 0 Å². The van der Waals surface area contributed by atoms with E-state index in [2.05, 4.69) is 20.6 Å². The maximum Gasteiger partial charge on any atom is 0.228 e. The van der Waals surface area contributed by atoms with Crippen molar-refractivity contribution in [3.63, 3.8) is 0 Å². The van der Waals surface area contributed by atoms with Crippen molar-refractivity contribution < 1.29 is 4.79 Å². The first-order valence-electron chi connectivity index (χ1n) is 5.55. The van der Waals surface area contributed by atoms with Gasteiger partial charge in [0.25, 0.3) is 0 Å². The predicted octanol–water partition coefficient (Wildman–Crippen LogP) is 2.05. The minimum Gasteiger partial charge on any atom is -0.326 e. The molecule has 2 rings (SSSR count). The van der Waals surface area contributed by atoms with Gasteiger partial charge in [-0.2, -0.15) is 5.26 Å². The fourth-order valence-corrected chi connectivity index (χ4v) is 1.45. The molecule has 1 aromatic carbocycles. The summed E-state index contributed by atoms with van der Waals surface area (Å²) in [5.41, 5.74) is 1.78. The summed E-state index contributed by atoms with van der Waals surface area (Å²) in [5, 5.41) is 14.4. The molecule has 0 saturated carbocycles. The number of anilines is 3. The number of hydrogen-bond donors (Lipinski definition) is 2. The largest absolute Gasteiger partial charge is 0.326 e. The second kappa shape index (κ2) is 5.60. The van der Waals surface area contributed by atoms with Crippen LogP contribution in [0.2, 0.25) is 0 Å². The van der Waals surface area contributed by atoms with Crippen LogP contribution in [0, 0.1) is 11.3 Å². The zero-order chi connectivity index (χ0) is 13.7. The molecule has 19 heavy (non-hydrogen) atoms. The average Bonchev–Trinajstić information content (AvgIpc) is 2.41. The molecule has 1 aromatic heterocycles. The van der Waals surface area contributed by atoms with E-state index in [1.807, 2.05) is 6.07 Å². The Morgan fingerprint density at radius 3 is 2.53 bits per heavy atom. The summed E-state index contributed by atoms with van der Waals surface area (Å²) in [5.74, 6) is 0.233. The monoisotopic (exact) mass is 253 g/mol. The number of aromatic nitrogens is 2. The first-order chi connectivity index (χ1) is 9.17. The number of hydrogen-bond acceptors (Lipinski definition) is 5. The van der Waals surface area contributed by atoms with Gasteiger partial charge in [0, 0.05) is 24.5 Å². The van der Waals surface area contributed by atoms with Gasteiger partial charge in [-0.15, -0.1) is 0 Å². The lowest BCUT2D eigenvalue weighted by molar-refractivity contribution is -0.114. The highest BCUT2D eigenvalue weighted by molar-refractivity contribution is 5.88. The molecule has 2 aromatic rings. The first kappa shape index (κ1) is 12.5. The van der Waals surface area contributed by atoms with Crippen LogP contribution in [-0.4, -0.2) is 15.9 Å². The Labute approximate surface area is 110 Å². The van der Waals surface area contributed by atoms with Crippen LogP contribution in [0.1, 0.15) is 12.6 Å². The van der Waals surface area contributed by atoms with Crippen molar-refractivity contribution in [1.29, 1.82) is 5.26 Å². The lowest BCUT2D eigenvalue weighted by atomic mass is 10.3. The minimum atomic E-state index is -0.120. The molecular weight excluding hydrogens is 242 g/mol. The summed E-state index contributed by atoms with van der Waals surface area (Å²) in [6, 6.07) is 10.6. The van der Waals surface area contributed by atoms with E-state index in [1.165, 1.54) is 19.2 Å². The molecule has 2 N–H and O–H groups in total.